The molecule has 2 heterocycles. The van der Waals surface area contributed by atoms with Crippen molar-refractivity contribution in [3.05, 3.63) is 59.2 Å². The first kappa shape index (κ1) is 23.8. The third-order valence-corrected chi connectivity index (χ3v) is 4.99. The van der Waals surface area contributed by atoms with E-state index in [4.69, 9.17) is 4.74 Å². The van der Waals surface area contributed by atoms with Gasteiger partial charge in [0.2, 0.25) is 0 Å². The second-order valence-corrected chi connectivity index (χ2v) is 7.21. The molecule has 0 bridgehead atoms. The van der Waals surface area contributed by atoms with E-state index in [9.17, 15) is 22.8 Å². The number of hydrogen-bond acceptors (Lipinski definition) is 5. The molecule has 1 atom stereocenters. The summed E-state index contributed by atoms with van der Waals surface area (Å²) in [6, 6.07) is 4.76. The summed E-state index contributed by atoms with van der Waals surface area (Å²) in [6.07, 6.45) is -2.35. The van der Waals surface area contributed by atoms with Crippen LogP contribution in [-0.2, 0) is 18.0 Å². The van der Waals surface area contributed by atoms with E-state index in [2.05, 4.69) is 20.8 Å². The Labute approximate surface area is 187 Å². The van der Waals surface area contributed by atoms with Gasteiger partial charge in [0.1, 0.15) is 5.56 Å². The molecule has 0 aliphatic carbocycles. The predicted octanol–water partition coefficient (Wildman–Crippen LogP) is 3.99. The van der Waals surface area contributed by atoms with E-state index in [1.165, 1.54) is 31.2 Å². The lowest BCUT2D eigenvalue weighted by molar-refractivity contribution is -0.143. The van der Waals surface area contributed by atoms with Crippen LogP contribution in [0.3, 0.4) is 0 Å². The molecule has 0 saturated carbocycles. The Morgan fingerprint density at radius 3 is 2.36 bits per heavy atom. The second-order valence-electron chi connectivity index (χ2n) is 7.21. The minimum absolute atomic E-state index is 0.0585. The molecule has 0 aliphatic heterocycles. The number of aryl methyl sites for hydroxylation is 1. The van der Waals surface area contributed by atoms with Crippen LogP contribution in [0.25, 0.3) is 5.69 Å². The molecule has 0 fully saturated rings. The van der Waals surface area contributed by atoms with Crippen molar-refractivity contribution >= 4 is 17.7 Å². The van der Waals surface area contributed by atoms with Gasteiger partial charge in [-0.3, -0.25) is 4.68 Å². The summed E-state index contributed by atoms with van der Waals surface area (Å²) in [5, 5.41) is 13.3. The molecule has 1 aromatic carbocycles. The molecular formula is C21H23F3N6O3. The van der Waals surface area contributed by atoms with Crippen molar-refractivity contribution in [2.45, 2.75) is 33.0 Å². The van der Waals surface area contributed by atoms with Gasteiger partial charge in [0.25, 0.3) is 0 Å². The minimum atomic E-state index is -4.84. The zero-order chi connectivity index (χ0) is 24.3. The number of anilines is 1. The van der Waals surface area contributed by atoms with E-state index >= 15 is 0 Å². The molecule has 2 amide bonds. The largest absolute Gasteiger partial charge is 0.462 e. The number of nitrogens with zero attached hydrogens (tertiary/aromatic N) is 4. The van der Waals surface area contributed by atoms with Crippen molar-refractivity contribution in [2.75, 3.05) is 11.9 Å². The Kier molecular flexibility index (Phi) is 6.75. The highest BCUT2D eigenvalue weighted by Gasteiger charge is 2.41. The minimum Gasteiger partial charge on any atom is -0.462 e. The lowest BCUT2D eigenvalue weighted by Crippen LogP contribution is -2.31. The molecule has 0 aliphatic rings. The highest BCUT2D eigenvalue weighted by molar-refractivity contribution is 5.91. The van der Waals surface area contributed by atoms with Crippen LogP contribution >= 0.6 is 0 Å². The van der Waals surface area contributed by atoms with Crippen LogP contribution in [0.2, 0.25) is 0 Å². The molecule has 3 rings (SSSR count). The summed E-state index contributed by atoms with van der Waals surface area (Å²) in [5.41, 5.74) is 0.277. The third kappa shape index (κ3) is 5.16. The van der Waals surface area contributed by atoms with E-state index in [-0.39, 0.29) is 18.3 Å². The van der Waals surface area contributed by atoms with Crippen LogP contribution in [-0.4, -0.2) is 38.2 Å². The zero-order valence-corrected chi connectivity index (χ0v) is 18.4. The van der Waals surface area contributed by atoms with Gasteiger partial charge in [-0.1, -0.05) is 0 Å². The van der Waals surface area contributed by atoms with Gasteiger partial charge in [-0.25, -0.2) is 14.3 Å². The fourth-order valence-corrected chi connectivity index (χ4v) is 3.24. The summed E-state index contributed by atoms with van der Waals surface area (Å²) < 4.78 is 47.9. The lowest BCUT2D eigenvalue weighted by Gasteiger charge is -2.15. The van der Waals surface area contributed by atoms with Gasteiger partial charge in [0.05, 0.1) is 30.7 Å². The van der Waals surface area contributed by atoms with Gasteiger partial charge in [-0.2, -0.15) is 23.4 Å². The monoisotopic (exact) mass is 464 g/mol. The molecule has 33 heavy (non-hydrogen) atoms. The molecule has 2 aromatic heterocycles. The van der Waals surface area contributed by atoms with Gasteiger partial charge >= 0.3 is 18.2 Å². The number of halogens is 3. The first-order chi connectivity index (χ1) is 15.5. The Hall–Kier alpha value is -3.83. The summed E-state index contributed by atoms with van der Waals surface area (Å²) in [7, 11) is 1.80. The van der Waals surface area contributed by atoms with Crippen LogP contribution in [0.5, 0.6) is 0 Å². The number of aromatic nitrogens is 4. The summed E-state index contributed by atoms with van der Waals surface area (Å²) >= 11 is 0. The topological polar surface area (TPSA) is 103 Å². The number of amides is 2. The number of esters is 1. The molecular weight excluding hydrogens is 441 g/mol. The molecule has 12 heteroatoms. The highest BCUT2D eigenvalue weighted by atomic mass is 19.4. The van der Waals surface area contributed by atoms with Gasteiger partial charge in [0.15, 0.2) is 5.69 Å². The molecule has 9 nitrogen and oxygen atoms in total. The van der Waals surface area contributed by atoms with Gasteiger partial charge in [-0.05, 0) is 45.0 Å². The normalized spacial score (nSPS) is 12.3. The number of rotatable bonds is 6. The van der Waals surface area contributed by atoms with Crippen LogP contribution in [0, 0.1) is 6.92 Å². The molecule has 0 saturated heterocycles. The smallest absolute Gasteiger partial charge is 0.434 e. The van der Waals surface area contributed by atoms with E-state index in [0.717, 1.165) is 17.5 Å². The van der Waals surface area contributed by atoms with Crippen molar-refractivity contribution < 1.29 is 27.5 Å². The van der Waals surface area contributed by atoms with Crippen molar-refractivity contribution in [1.82, 2.24) is 24.9 Å². The lowest BCUT2D eigenvalue weighted by atomic mass is 10.1. The third-order valence-electron chi connectivity index (χ3n) is 4.99. The first-order valence-electron chi connectivity index (χ1n) is 10.0. The average Bonchev–Trinajstić information content (AvgIpc) is 3.33. The molecule has 3 aromatic rings. The van der Waals surface area contributed by atoms with Gasteiger partial charge < -0.3 is 15.4 Å². The first-order valence-corrected chi connectivity index (χ1v) is 10.0. The van der Waals surface area contributed by atoms with E-state index in [1.54, 1.807) is 17.9 Å². The highest BCUT2D eigenvalue weighted by Crippen LogP contribution is 2.34. The number of hydrogen-bond donors (Lipinski definition) is 2. The van der Waals surface area contributed by atoms with Crippen molar-refractivity contribution in [2.24, 2.45) is 7.05 Å². The SMILES string of the molecule is CCOC(=O)c1cnn(-c2ccc(NC(=O)NC(C)c3cnn(C)c3C)cc2)c1C(F)(F)F. The van der Waals surface area contributed by atoms with E-state index in [0.29, 0.717) is 10.4 Å². The number of ether oxygens (including phenoxy) is 1. The number of carbonyl (C=O) groups is 2. The zero-order valence-electron chi connectivity index (χ0n) is 18.4. The number of urea groups is 1. The second kappa shape index (κ2) is 9.35. The van der Waals surface area contributed by atoms with Crippen molar-refractivity contribution in [3.8, 4) is 5.69 Å². The molecule has 0 spiro atoms. The van der Waals surface area contributed by atoms with Crippen LogP contribution < -0.4 is 10.6 Å². The maximum Gasteiger partial charge on any atom is 0.434 e. The Bertz CT molecular complexity index is 1150. The molecule has 176 valence electrons. The van der Waals surface area contributed by atoms with E-state index < -0.39 is 29.4 Å². The van der Waals surface area contributed by atoms with Gasteiger partial charge in [0, 0.05) is 24.0 Å². The van der Waals surface area contributed by atoms with Crippen LogP contribution in [0.4, 0.5) is 23.7 Å². The van der Waals surface area contributed by atoms with Crippen molar-refractivity contribution in [1.29, 1.82) is 0 Å². The van der Waals surface area contributed by atoms with Crippen LogP contribution in [0.15, 0.2) is 36.7 Å². The fraction of sp³-hybridized carbons (Fsp3) is 0.333. The quantitative estimate of drug-likeness (QED) is 0.537. The standard InChI is InChI=1S/C21H23F3N6O3/c1-5-33-19(31)17-11-26-30(18(17)21(22,23)24)15-8-6-14(7-9-15)28-20(32)27-12(2)16-10-25-29(4)13(16)3/h6-12H,5H2,1-4H3,(H2,27,28,32). The van der Waals surface area contributed by atoms with Gasteiger partial charge in [-0.15, -0.1) is 0 Å². The molecule has 1 unspecified atom stereocenters. The average molecular weight is 464 g/mol. The maximum absolute atomic E-state index is 13.6. The fourth-order valence-electron chi connectivity index (χ4n) is 3.24. The maximum atomic E-state index is 13.6. The summed E-state index contributed by atoms with van der Waals surface area (Å²) in [4.78, 5) is 24.2. The number of alkyl halides is 3. The molecule has 2 N–H and O–H groups in total. The molecule has 0 radical (unpaired) electrons. The van der Waals surface area contributed by atoms with Crippen LogP contribution in [0.1, 0.15) is 47.2 Å². The number of nitrogens with one attached hydrogen (secondary N) is 2. The Morgan fingerprint density at radius 1 is 1.15 bits per heavy atom. The van der Waals surface area contributed by atoms with Crippen molar-refractivity contribution in [3.63, 3.8) is 0 Å². The number of carbonyl (C=O) groups excluding carboxylic acids is 2. The Morgan fingerprint density at radius 2 is 1.82 bits per heavy atom. The Balaban J connectivity index is 1.76. The summed E-state index contributed by atoms with van der Waals surface area (Å²) in [5.74, 6) is -1.11. The predicted molar refractivity (Wildman–Crippen MR) is 113 cm³/mol. The summed E-state index contributed by atoms with van der Waals surface area (Å²) in [6.45, 7) is 5.12. The number of benzene rings is 1. The van der Waals surface area contributed by atoms with E-state index in [1.807, 2.05) is 13.8 Å².